The fourth-order valence-corrected chi connectivity index (χ4v) is 2.55. The molecular formula is C15H18N2S. The zero-order valence-electron chi connectivity index (χ0n) is 10.8. The van der Waals surface area contributed by atoms with Gasteiger partial charge in [-0.1, -0.05) is 19.1 Å². The lowest BCUT2D eigenvalue weighted by Gasteiger charge is -2.12. The predicted molar refractivity (Wildman–Crippen MR) is 79.1 cm³/mol. The lowest BCUT2D eigenvalue weighted by molar-refractivity contribution is 1.07. The Morgan fingerprint density at radius 3 is 2.83 bits per heavy atom. The van der Waals surface area contributed by atoms with E-state index in [0.29, 0.717) is 0 Å². The molecule has 3 heteroatoms. The molecule has 0 amide bonds. The summed E-state index contributed by atoms with van der Waals surface area (Å²) in [5.74, 6) is 1.09. The highest BCUT2D eigenvalue weighted by Gasteiger charge is 2.02. The molecule has 0 fully saturated rings. The number of nitrogens with one attached hydrogen (secondary N) is 1. The molecule has 18 heavy (non-hydrogen) atoms. The molecule has 0 saturated heterocycles. The summed E-state index contributed by atoms with van der Waals surface area (Å²) in [6.07, 6.45) is 3.76. The van der Waals surface area contributed by atoms with Gasteiger partial charge in [-0.2, -0.15) is 0 Å². The molecule has 1 aromatic heterocycles. The van der Waals surface area contributed by atoms with Crippen LogP contribution in [0.1, 0.15) is 18.1 Å². The van der Waals surface area contributed by atoms with Gasteiger partial charge in [-0.3, -0.25) is 4.98 Å². The van der Waals surface area contributed by atoms with Gasteiger partial charge in [-0.15, -0.1) is 11.8 Å². The summed E-state index contributed by atoms with van der Waals surface area (Å²) in [6, 6.07) is 10.5. The summed E-state index contributed by atoms with van der Waals surface area (Å²) in [5, 5.41) is 3.49. The Morgan fingerprint density at radius 1 is 1.22 bits per heavy atom. The number of nitrogens with zero attached hydrogens (tertiary/aromatic N) is 1. The number of aryl methyl sites for hydroxylation is 1. The molecule has 1 N–H and O–H groups in total. The molecule has 0 spiro atoms. The van der Waals surface area contributed by atoms with Crippen LogP contribution in [0.15, 0.2) is 47.6 Å². The number of hydrogen-bond donors (Lipinski definition) is 1. The summed E-state index contributed by atoms with van der Waals surface area (Å²) in [7, 11) is 0. The first-order valence-corrected chi connectivity index (χ1v) is 7.15. The molecule has 0 unspecified atom stereocenters. The number of thioether (sulfide) groups is 1. The Morgan fingerprint density at radius 2 is 2.06 bits per heavy atom. The molecule has 2 aromatic rings. The summed E-state index contributed by atoms with van der Waals surface area (Å²) < 4.78 is 0. The maximum absolute atomic E-state index is 4.17. The average Bonchev–Trinajstić information content (AvgIpc) is 2.40. The Labute approximate surface area is 113 Å². The van der Waals surface area contributed by atoms with E-state index in [4.69, 9.17) is 0 Å². The minimum absolute atomic E-state index is 0.820. The van der Waals surface area contributed by atoms with Gasteiger partial charge in [0.2, 0.25) is 0 Å². The average molecular weight is 258 g/mol. The van der Waals surface area contributed by atoms with E-state index >= 15 is 0 Å². The number of pyridine rings is 1. The van der Waals surface area contributed by atoms with E-state index in [-0.39, 0.29) is 0 Å². The summed E-state index contributed by atoms with van der Waals surface area (Å²) in [6.45, 7) is 5.11. The van der Waals surface area contributed by atoms with Gasteiger partial charge < -0.3 is 5.32 Å². The number of aromatic nitrogens is 1. The highest BCUT2D eigenvalue weighted by molar-refractivity contribution is 7.99. The van der Waals surface area contributed by atoms with Crippen LogP contribution in [-0.4, -0.2) is 10.7 Å². The second-order valence-electron chi connectivity index (χ2n) is 4.08. The number of rotatable bonds is 5. The van der Waals surface area contributed by atoms with Gasteiger partial charge in [-0.25, -0.2) is 0 Å². The first-order valence-electron chi connectivity index (χ1n) is 6.16. The van der Waals surface area contributed by atoms with E-state index in [0.717, 1.165) is 12.3 Å². The van der Waals surface area contributed by atoms with E-state index in [1.165, 1.54) is 21.7 Å². The van der Waals surface area contributed by atoms with E-state index in [2.05, 4.69) is 48.4 Å². The van der Waals surface area contributed by atoms with Crippen molar-refractivity contribution >= 4 is 17.4 Å². The van der Waals surface area contributed by atoms with Crippen LogP contribution in [0.5, 0.6) is 0 Å². The van der Waals surface area contributed by atoms with Crippen LogP contribution in [0.3, 0.4) is 0 Å². The summed E-state index contributed by atoms with van der Waals surface area (Å²) in [4.78, 5) is 5.48. The van der Waals surface area contributed by atoms with Gasteiger partial charge in [-0.05, 0) is 42.0 Å². The second kappa shape index (κ2) is 6.45. The van der Waals surface area contributed by atoms with Crippen molar-refractivity contribution in [2.45, 2.75) is 25.3 Å². The van der Waals surface area contributed by atoms with E-state index in [1.54, 1.807) is 0 Å². The normalized spacial score (nSPS) is 10.3. The van der Waals surface area contributed by atoms with Crippen LogP contribution in [0.25, 0.3) is 0 Å². The Bertz CT molecular complexity index is 511. The van der Waals surface area contributed by atoms with Crippen molar-refractivity contribution in [2.24, 2.45) is 0 Å². The van der Waals surface area contributed by atoms with Crippen molar-refractivity contribution in [3.05, 3.63) is 53.9 Å². The van der Waals surface area contributed by atoms with Crippen molar-refractivity contribution in [1.82, 2.24) is 4.98 Å². The third kappa shape index (κ3) is 3.26. The molecule has 94 valence electrons. The number of benzene rings is 1. The Balaban J connectivity index is 2.08. The standard InChI is InChI=1S/C15H18N2S/c1-3-18-15-7-5-4-6-14(15)17-11-13-10-16-9-8-12(13)2/h4-10,17H,3,11H2,1-2H3. The number of para-hydroxylation sites is 1. The van der Waals surface area contributed by atoms with Crippen molar-refractivity contribution in [3.63, 3.8) is 0 Å². The van der Waals surface area contributed by atoms with E-state index < -0.39 is 0 Å². The molecule has 0 aliphatic rings. The van der Waals surface area contributed by atoms with Crippen LogP contribution in [0, 0.1) is 6.92 Å². The second-order valence-corrected chi connectivity index (χ2v) is 5.39. The highest BCUT2D eigenvalue weighted by atomic mass is 32.2. The maximum Gasteiger partial charge on any atom is 0.0481 e. The van der Waals surface area contributed by atoms with Crippen molar-refractivity contribution < 1.29 is 0 Å². The Kier molecular flexibility index (Phi) is 4.65. The first kappa shape index (κ1) is 13.0. The fourth-order valence-electron chi connectivity index (χ4n) is 1.77. The van der Waals surface area contributed by atoms with E-state index in [1.807, 2.05) is 30.2 Å². The third-order valence-electron chi connectivity index (χ3n) is 2.80. The van der Waals surface area contributed by atoms with Gasteiger partial charge in [0.1, 0.15) is 0 Å². The highest BCUT2D eigenvalue weighted by Crippen LogP contribution is 2.27. The SMILES string of the molecule is CCSc1ccccc1NCc1cnccc1C. The molecule has 1 heterocycles. The quantitative estimate of drug-likeness (QED) is 0.817. The van der Waals surface area contributed by atoms with Crippen molar-refractivity contribution in [2.75, 3.05) is 11.1 Å². The minimum atomic E-state index is 0.820. The molecule has 0 bridgehead atoms. The van der Waals surface area contributed by atoms with Crippen LogP contribution in [0.2, 0.25) is 0 Å². The van der Waals surface area contributed by atoms with Gasteiger partial charge in [0, 0.05) is 29.5 Å². The predicted octanol–water partition coefficient (Wildman–Crippen LogP) is 4.11. The molecule has 0 atom stereocenters. The number of hydrogen-bond acceptors (Lipinski definition) is 3. The van der Waals surface area contributed by atoms with Crippen LogP contribution in [-0.2, 0) is 6.54 Å². The monoisotopic (exact) mass is 258 g/mol. The fraction of sp³-hybridized carbons (Fsp3) is 0.267. The largest absolute Gasteiger partial charge is 0.380 e. The van der Waals surface area contributed by atoms with Crippen LogP contribution in [0.4, 0.5) is 5.69 Å². The van der Waals surface area contributed by atoms with Crippen molar-refractivity contribution in [3.8, 4) is 0 Å². The topological polar surface area (TPSA) is 24.9 Å². The van der Waals surface area contributed by atoms with Crippen LogP contribution >= 0.6 is 11.8 Å². The molecule has 0 radical (unpaired) electrons. The van der Waals surface area contributed by atoms with Gasteiger partial charge >= 0.3 is 0 Å². The summed E-state index contributed by atoms with van der Waals surface area (Å²) in [5.41, 5.74) is 3.72. The van der Waals surface area contributed by atoms with Gasteiger partial charge in [0.05, 0.1) is 0 Å². The molecule has 0 saturated carbocycles. The Hall–Kier alpha value is -1.48. The molecule has 0 aliphatic heterocycles. The third-order valence-corrected chi connectivity index (χ3v) is 3.76. The van der Waals surface area contributed by atoms with E-state index in [9.17, 15) is 0 Å². The van der Waals surface area contributed by atoms with Crippen LogP contribution < -0.4 is 5.32 Å². The van der Waals surface area contributed by atoms with Gasteiger partial charge in [0.15, 0.2) is 0 Å². The zero-order valence-corrected chi connectivity index (χ0v) is 11.6. The number of anilines is 1. The van der Waals surface area contributed by atoms with Crippen molar-refractivity contribution in [1.29, 1.82) is 0 Å². The lowest BCUT2D eigenvalue weighted by atomic mass is 10.1. The molecule has 2 nitrogen and oxygen atoms in total. The summed E-state index contributed by atoms with van der Waals surface area (Å²) >= 11 is 1.86. The molecular weight excluding hydrogens is 240 g/mol. The smallest absolute Gasteiger partial charge is 0.0481 e. The zero-order chi connectivity index (χ0) is 12.8. The molecule has 1 aromatic carbocycles. The maximum atomic E-state index is 4.17. The van der Waals surface area contributed by atoms with Gasteiger partial charge in [0.25, 0.3) is 0 Å². The lowest BCUT2D eigenvalue weighted by Crippen LogP contribution is -2.02. The molecule has 2 rings (SSSR count). The first-order chi connectivity index (χ1) is 8.81. The minimum Gasteiger partial charge on any atom is -0.380 e. The molecule has 0 aliphatic carbocycles.